The van der Waals surface area contributed by atoms with E-state index >= 15 is 0 Å². The quantitative estimate of drug-likeness (QED) is 0.771. The van der Waals surface area contributed by atoms with Crippen molar-refractivity contribution in [2.45, 2.75) is 42.8 Å². The summed E-state index contributed by atoms with van der Waals surface area (Å²) in [5.74, 6) is -0.0867. The van der Waals surface area contributed by atoms with E-state index in [0.717, 1.165) is 18.5 Å². The highest BCUT2D eigenvalue weighted by Crippen LogP contribution is 2.37. The van der Waals surface area contributed by atoms with Gasteiger partial charge in [-0.25, -0.2) is 21.6 Å². The molecule has 1 saturated carbocycles. The summed E-state index contributed by atoms with van der Waals surface area (Å²) in [6, 6.07) is 1.38. The number of sulfone groups is 1. The van der Waals surface area contributed by atoms with Crippen molar-refractivity contribution < 1.29 is 16.8 Å². The van der Waals surface area contributed by atoms with Crippen LogP contribution in [0.2, 0.25) is 0 Å². The van der Waals surface area contributed by atoms with Crippen molar-refractivity contribution >= 4 is 19.9 Å². The standard InChI is InChI=1S/C12H19N3O4S2/c13-6-11-5-12(7-15(11)10-1-2-10)21(18,19)14-9-3-4-20(16,17)8-9/h5,7,9-10,14H,1-4,6,8,13H2. The maximum atomic E-state index is 12.4. The molecule has 0 amide bonds. The van der Waals surface area contributed by atoms with Crippen LogP contribution in [0.25, 0.3) is 0 Å². The number of hydrogen-bond donors (Lipinski definition) is 2. The highest BCUT2D eigenvalue weighted by Gasteiger charge is 2.33. The topological polar surface area (TPSA) is 111 Å². The van der Waals surface area contributed by atoms with E-state index in [1.54, 1.807) is 12.3 Å². The molecule has 0 aromatic carbocycles. The van der Waals surface area contributed by atoms with E-state index in [1.807, 2.05) is 4.57 Å². The average molecular weight is 333 g/mol. The van der Waals surface area contributed by atoms with Crippen LogP contribution in [0, 0.1) is 0 Å². The molecule has 2 fully saturated rings. The molecule has 3 rings (SSSR count). The van der Waals surface area contributed by atoms with Crippen LogP contribution in [0.4, 0.5) is 0 Å². The first-order valence-electron chi connectivity index (χ1n) is 6.94. The van der Waals surface area contributed by atoms with Gasteiger partial charge in [0.2, 0.25) is 10.0 Å². The summed E-state index contributed by atoms with van der Waals surface area (Å²) in [6.07, 6.45) is 4.01. The average Bonchev–Trinajstić information content (AvgIpc) is 3.04. The lowest BCUT2D eigenvalue weighted by atomic mass is 10.3. The van der Waals surface area contributed by atoms with E-state index in [0.29, 0.717) is 12.5 Å². The summed E-state index contributed by atoms with van der Waals surface area (Å²) in [7, 11) is -6.82. The Bertz CT molecular complexity index is 747. The minimum absolute atomic E-state index is 0.0390. The van der Waals surface area contributed by atoms with Gasteiger partial charge in [0.15, 0.2) is 9.84 Å². The van der Waals surface area contributed by atoms with E-state index in [-0.39, 0.29) is 22.9 Å². The Kier molecular flexibility index (Phi) is 3.63. The summed E-state index contributed by atoms with van der Waals surface area (Å²) in [5, 5.41) is 0. The van der Waals surface area contributed by atoms with Crippen LogP contribution in [-0.4, -0.2) is 39.0 Å². The Morgan fingerprint density at radius 2 is 2.05 bits per heavy atom. The smallest absolute Gasteiger partial charge is 0.242 e. The molecule has 0 radical (unpaired) electrons. The zero-order valence-electron chi connectivity index (χ0n) is 11.5. The molecule has 9 heteroatoms. The predicted molar refractivity (Wildman–Crippen MR) is 78.0 cm³/mol. The second kappa shape index (κ2) is 5.08. The molecule has 0 spiro atoms. The maximum absolute atomic E-state index is 12.4. The summed E-state index contributed by atoms with van der Waals surface area (Å²) in [6.45, 7) is 0.282. The fourth-order valence-electron chi connectivity index (χ4n) is 2.68. The second-order valence-electron chi connectivity index (χ2n) is 5.73. The number of nitrogens with one attached hydrogen (secondary N) is 1. The van der Waals surface area contributed by atoms with Crippen molar-refractivity contribution in [2.75, 3.05) is 11.5 Å². The molecule has 2 aliphatic rings. The summed E-state index contributed by atoms with van der Waals surface area (Å²) in [5.41, 5.74) is 6.45. The Balaban J connectivity index is 1.82. The van der Waals surface area contributed by atoms with Crippen molar-refractivity contribution in [3.63, 3.8) is 0 Å². The van der Waals surface area contributed by atoms with Gasteiger partial charge in [-0.05, 0) is 25.3 Å². The molecule has 2 heterocycles. The molecule has 21 heavy (non-hydrogen) atoms. The normalized spacial score (nSPS) is 25.3. The van der Waals surface area contributed by atoms with Gasteiger partial charge in [-0.1, -0.05) is 0 Å². The van der Waals surface area contributed by atoms with E-state index in [2.05, 4.69) is 4.72 Å². The molecule has 1 unspecified atom stereocenters. The maximum Gasteiger partial charge on any atom is 0.242 e. The third-order valence-electron chi connectivity index (χ3n) is 3.92. The largest absolute Gasteiger partial charge is 0.346 e. The first-order chi connectivity index (χ1) is 9.81. The van der Waals surface area contributed by atoms with Crippen molar-refractivity contribution in [1.29, 1.82) is 0 Å². The molecule has 1 saturated heterocycles. The zero-order valence-corrected chi connectivity index (χ0v) is 13.2. The van der Waals surface area contributed by atoms with Crippen molar-refractivity contribution in [1.82, 2.24) is 9.29 Å². The van der Waals surface area contributed by atoms with Crippen molar-refractivity contribution in [3.8, 4) is 0 Å². The summed E-state index contributed by atoms with van der Waals surface area (Å²) < 4.78 is 52.0. The first kappa shape index (κ1) is 15.0. The van der Waals surface area contributed by atoms with Gasteiger partial charge in [0.1, 0.15) is 0 Å². The van der Waals surface area contributed by atoms with Crippen LogP contribution in [0.1, 0.15) is 31.0 Å². The predicted octanol–water partition coefficient (Wildman–Crippen LogP) is -0.253. The fourth-order valence-corrected chi connectivity index (χ4v) is 5.77. The molecule has 1 aliphatic heterocycles. The molecule has 7 nitrogen and oxygen atoms in total. The number of nitrogens with zero attached hydrogens (tertiary/aromatic N) is 1. The Morgan fingerprint density at radius 1 is 1.33 bits per heavy atom. The Labute approximate surface area is 124 Å². The molecular weight excluding hydrogens is 314 g/mol. The lowest BCUT2D eigenvalue weighted by Gasteiger charge is -2.10. The van der Waals surface area contributed by atoms with Gasteiger partial charge in [-0.2, -0.15) is 0 Å². The fraction of sp³-hybridized carbons (Fsp3) is 0.667. The lowest BCUT2D eigenvalue weighted by molar-refractivity contribution is 0.562. The Morgan fingerprint density at radius 3 is 2.57 bits per heavy atom. The molecule has 1 atom stereocenters. The van der Waals surface area contributed by atoms with E-state index in [4.69, 9.17) is 5.73 Å². The number of sulfonamides is 1. The lowest BCUT2D eigenvalue weighted by Crippen LogP contribution is -2.35. The molecule has 118 valence electrons. The van der Waals surface area contributed by atoms with Crippen LogP contribution < -0.4 is 10.5 Å². The van der Waals surface area contributed by atoms with E-state index < -0.39 is 25.9 Å². The van der Waals surface area contributed by atoms with Gasteiger partial charge in [0.05, 0.1) is 16.4 Å². The molecule has 1 aromatic heterocycles. The monoisotopic (exact) mass is 333 g/mol. The SMILES string of the molecule is NCc1cc(S(=O)(=O)NC2CCS(=O)(=O)C2)cn1C1CC1. The Hall–Kier alpha value is -0.900. The van der Waals surface area contributed by atoms with Gasteiger partial charge in [0, 0.05) is 30.5 Å². The minimum Gasteiger partial charge on any atom is -0.346 e. The third-order valence-corrected chi connectivity index (χ3v) is 7.18. The van der Waals surface area contributed by atoms with Gasteiger partial charge in [0.25, 0.3) is 0 Å². The molecule has 1 aromatic rings. The van der Waals surface area contributed by atoms with E-state index in [9.17, 15) is 16.8 Å². The van der Waals surface area contributed by atoms with Gasteiger partial charge >= 0.3 is 0 Å². The highest BCUT2D eigenvalue weighted by atomic mass is 32.2. The number of aromatic nitrogens is 1. The summed E-state index contributed by atoms with van der Waals surface area (Å²) >= 11 is 0. The second-order valence-corrected chi connectivity index (χ2v) is 9.67. The van der Waals surface area contributed by atoms with Crippen molar-refractivity contribution in [2.24, 2.45) is 5.73 Å². The van der Waals surface area contributed by atoms with Gasteiger partial charge < -0.3 is 10.3 Å². The van der Waals surface area contributed by atoms with Crippen LogP contribution in [0.5, 0.6) is 0 Å². The summed E-state index contributed by atoms with van der Waals surface area (Å²) in [4.78, 5) is 0.166. The van der Waals surface area contributed by atoms with Crippen LogP contribution in [-0.2, 0) is 26.4 Å². The molecule has 1 aliphatic carbocycles. The van der Waals surface area contributed by atoms with Crippen LogP contribution in [0.15, 0.2) is 17.2 Å². The van der Waals surface area contributed by atoms with Crippen LogP contribution in [0.3, 0.4) is 0 Å². The minimum atomic E-state index is -3.70. The third kappa shape index (κ3) is 3.15. The molecule has 3 N–H and O–H groups in total. The number of rotatable bonds is 5. The molecular formula is C12H19N3O4S2. The van der Waals surface area contributed by atoms with Gasteiger partial charge in [-0.15, -0.1) is 0 Å². The molecule has 0 bridgehead atoms. The first-order valence-corrected chi connectivity index (χ1v) is 10.2. The number of hydrogen-bond acceptors (Lipinski definition) is 5. The van der Waals surface area contributed by atoms with Gasteiger partial charge in [-0.3, -0.25) is 0 Å². The van der Waals surface area contributed by atoms with Crippen molar-refractivity contribution in [3.05, 3.63) is 18.0 Å². The number of nitrogens with two attached hydrogens (primary N) is 1. The highest BCUT2D eigenvalue weighted by molar-refractivity contribution is 7.92. The van der Waals surface area contributed by atoms with Crippen LogP contribution >= 0.6 is 0 Å². The zero-order chi connectivity index (χ0) is 15.3. The van der Waals surface area contributed by atoms with E-state index in [1.165, 1.54) is 0 Å².